The molecule has 1 saturated heterocycles. The van der Waals surface area contributed by atoms with Gasteiger partial charge < -0.3 is 38.1 Å². The number of hydrogen-bond acceptors (Lipinski definition) is 12. The van der Waals surface area contributed by atoms with Gasteiger partial charge in [0.2, 0.25) is 0 Å². The average molecular weight is 964 g/mol. The van der Waals surface area contributed by atoms with E-state index in [2.05, 4.69) is 63.8 Å². The molecule has 3 atom stereocenters. The van der Waals surface area contributed by atoms with Crippen LogP contribution in [0.25, 0.3) is 0 Å². The molecule has 0 aliphatic carbocycles. The Hall–Kier alpha value is -2.96. The number of carbonyl (C=O) groups is 4. The van der Waals surface area contributed by atoms with E-state index >= 15 is 0 Å². The third kappa shape index (κ3) is 37.9. The fraction of sp³-hybridized carbons (Fsp3) is 0.857. The molecule has 0 bridgehead atoms. The van der Waals surface area contributed by atoms with E-state index in [0.29, 0.717) is 32.7 Å². The van der Waals surface area contributed by atoms with E-state index in [4.69, 9.17) is 33.2 Å². The molecule has 0 spiro atoms. The molecule has 0 aromatic carbocycles. The van der Waals surface area contributed by atoms with Crippen molar-refractivity contribution >= 4 is 24.1 Å². The number of hydrogen-bond donors (Lipinski definition) is 0. The van der Waals surface area contributed by atoms with Crippen LogP contribution < -0.4 is 0 Å². The minimum atomic E-state index is -0.785. The number of unbranched alkanes of at least 4 members (excludes halogenated alkanes) is 15. The highest BCUT2D eigenvalue weighted by Crippen LogP contribution is 2.21. The largest absolute Gasteiger partial charge is 0.508 e. The van der Waals surface area contributed by atoms with E-state index in [1.165, 1.54) is 44.9 Å². The van der Waals surface area contributed by atoms with Crippen molar-refractivity contribution in [1.29, 1.82) is 0 Å². The molecule has 1 aliphatic heterocycles. The first-order chi connectivity index (χ1) is 33.3. The van der Waals surface area contributed by atoms with Crippen LogP contribution in [0.15, 0.2) is 24.3 Å². The second-order valence-corrected chi connectivity index (χ2v) is 18.9. The summed E-state index contributed by atoms with van der Waals surface area (Å²) in [4.78, 5) is 53.9. The predicted octanol–water partition coefficient (Wildman–Crippen LogP) is 13.8. The molecule has 396 valence electrons. The van der Waals surface area contributed by atoms with Crippen molar-refractivity contribution in [3.63, 3.8) is 0 Å². The molecule has 68 heavy (non-hydrogen) atoms. The maximum Gasteiger partial charge on any atom is 0.508 e. The van der Waals surface area contributed by atoms with Crippen LogP contribution in [0.2, 0.25) is 0 Å². The van der Waals surface area contributed by atoms with Gasteiger partial charge in [-0.1, -0.05) is 136 Å². The van der Waals surface area contributed by atoms with Gasteiger partial charge in [-0.2, -0.15) is 0 Å². The van der Waals surface area contributed by atoms with Gasteiger partial charge in [0.05, 0.1) is 31.5 Å². The lowest BCUT2D eigenvalue weighted by Crippen LogP contribution is -2.37. The second-order valence-electron chi connectivity index (χ2n) is 18.9. The zero-order chi connectivity index (χ0) is 49.6. The van der Waals surface area contributed by atoms with Crippen molar-refractivity contribution in [2.24, 2.45) is 17.8 Å². The Labute approximate surface area is 415 Å². The van der Waals surface area contributed by atoms with E-state index in [9.17, 15) is 19.2 Å². The lowest BCUT2D eigenvalue weighted by molar-refractivity contribution is -0.161. The van der Waals surface area contributed by atoms with Crippen molar-refractivity contribution in [3.05, 3.63) is 24.3 Å². The highest BCUT2D eigenvalue weighted by molar-refractivity contribution is 5.72. The third-order valence-electron chi connectivity index (χ3n) is 12.6. The van der Waals surface area contributed by atoms with Gasteiger partial charge in [-0.15, -0.1) is 0 Å². The molecule has 1 aliphatic rings. The Balaban J connectivity index is 2.64. The smallest absolute Gasteiger partial charge is 0.465 e. The molecule has 3 unspecified atom stereocenters. The summed E-state index contributed by atoms with van der Waals surface area (Å²) in [5.41, 5.74) is 0. The number of rotatable bonds is 46. The van der Waals surface area contributed by atoms with Crippen LogP contribution in [0.3, 0.4) is 0 Å². The quantitative estimate of drug-likeness (QED) is 0.0189. The zero-order valence-corrected chi connectivity index (χ0v) is 44.1. The van der Waals surface area contributed by atoms with Crippen LogP contribution in [-0.2, 0) is 47.5 Å². The maximum absolute atomic E-state index is 13.1. The van der Waals surface area contributed by atoms with Crippen LogP contribution in [0, 0.1) is 17.8 Å². The van der Waals surface area contributed by atoms with Gasteiger partial charge in [0.1, 0.15) is 19.8 Å². The van der Waals surface area contributed by atoms with Crippen LogP contribution >= 0.6 is 0 Å². The minimum Gasteiger partial charge on any atom is -0.465 e. The monoisotopic (exact) mass is 964 g/mol. The van der Waals surface area contributed by atoms with Gasteiger partial charge in [-0.3, -0.25) is 14.4 Å². The molecular formula is C56H101NO11. The Morgan fingerprint density at radius 1 is 0.544 bits per heavy atom. The second kappa shape index (κ2) is 46.4. The first-order valence-electron chi connectivity index (χ1n) is 27.8. The lowest BCUT2D eigenvalue weighted by Gasteiger charge is -2.31. The molecule has 12 nitrogen and oxygen atoms in total. The van der Waals surface area contributed by atoms with Crippen molar-refractivity contribution < 1.29 is 52.3 Å². The highest BCUT2D eigenvalue weighted by atomic mass is 16.7. The number of ether oxygens (including phenoxy) is 7. The molecule has 0 amide bonds. The van der Waals surface area contributed by atoms with Crippen LogP contribution in [-0.4, -0.2) is 101 Å². The standard InChI is InChI=1S/C56H101NO11/c1-6-11-15-19-22-28-36-51(35-27-18-14-9-4)55(60)64-43-32-26-23-29-37-52(58)65-46-50(48-68-56(61)67-45-49-34-33-40-57(10-5)44-49)47-66-53(59)38-39-54(62-41-30-24-20-16-12-7-2)63-42-31-25-21-17-13-8-3/h12-13,16-17,49-51,54H,6-11,14-15,18-48H2,1-5H3/b16-12-,17-13-. The van der Waals surface area contributed by atoms with E-state index < -0.39 is 24.3 Å². The molecule has 1 heterocycles. The van der Waals surface area contributed by atoms with Crippen molar-refractivity contribution in [1.82, 2.24) is 4.90 Å². The molecule has 1 fully saturated rings. The van der Waals surface area contributed by atoms with Crippen molar-refractivity contribution in [3.8, 4) is 0 Å². The molecule has 0 N–H and O–H groups in total. The van der Waals surface area contributed by atoms with Gasteiger partial charge in [-0.25, -0.2) is 4.79 Å². The molecule has 0 aromatic heterocycles. The third-order valence-corrected chi connectivity index (χ3v) is 12.6. The summed E-state index contributed by atoms with van der Waals surface area (Å²) in [6.07, 6.45) is 34.9. The molecule has 1 rings (SSSR count). The Bertz CT molecular complexity index is 1250. The number of esters is 3. The van der Waals surface area contributed by atoms with E-state index in [1.807, 2.05) is 0 Å². The van der Waals surface area contributed by atoms with Crippen molar-refractivity contribution in [2.75, 3.05) is 65.9 Å². The van der Waals surface area contributed by atoms with Crippen molar-refractivity contribution in [2.45, 2.75) is 227 Å². The Morgan fingerprint density at radius 3 is 1.71 bits per heavy atom. The Kier molecular flexibility index (Phi) is 43.0. The number of allylic oxidation sites excluding steroid dienone is 4. The summed E-state index contributed by atoms with van der Waals surface area (Å²) >= 11 is 0. The normalized spacial score (nSPS) is 15.2. The highest BCUT2D eigenvalue weighted by Gasteiger charge is 2.23. The summed E-state index contributed by atoms with van der Waals surface area (Å²) in [5, 5.41) is 0. The summed E-state index contributed by atoms with van der Waals surface area (Å²) in [6.45, 7) is 15.2. The summed E-state index contributed by atoms with van der Waals surface area (Å²) in [5.74, 6) is -1.17. The minimum absolute atomic E-state index is 0.00732. The van der Waals surface area contributed by atoms with Crippen LogP contribution in [0.5, 0.6) is 0 Å². The lowest BCUT2D eigenvalue weighted by atomic mass is 9.94. The fourth-order valence-corrected chi connectivity index (χ4v) is 8.26. The first-order valence-corrected chi connectivity index (χ1v) is 27.8. The number of likely N-dealkylation sites (tertiary alicyclic amines) is 1. The molecule has 12 heteroatoms. The van der Waals surface area contributed by atoms with Gasteiger partial charge in [0.15, 0.2) is 6.29 Å². The first kappa shape index (κ1) is 63.1. The number of nitrogens with zero attached hydrogens (tertiary/aromatic N) is 1. The predicted molar refractivity (Wildman–Crippen MR) is 273 cm³/mol. The summed E-state index contributed by atoms with van der Waals surface area (Å²) in [7, 11) is 0. The van der Waals surface area contributed by atoms with E-state index in [-0.39, 0.29) is 63.0 Å². The topological polar surface area (TPSA) is 136 Å². The van der Waals surface area contributed by atoms with Gasteiger partial charge in [0.25, 0.3) is 0 Å². The SMILES string of the molecule is CC/C=C\CCCCOC(CCC(=O)OCC(COC(=O)CCCCCCOC(=O)C(CCCCCC)CCCCCCCC)COC(=O)OCC1CCCN(CC)C1)OCCCC/C=C\CC. The zero-order valence-electron chi connectivity index (χ0n) is 44.1. The van der Waals surface area contributed by atoms with E-state index in [1.54, 1.807) is 0 Å². The maximum atomic E-state index is 13.1. The van der Waals surface area contributed by atoms with Gasteiger partial charge in [-0.05, 0) is 103 Å². The molecule has 0 aromatic rings. The molecule has 0 saturated carbocycles. The summed E-state index contributed by atoms with van der Waals surface area (Å²) in [6, 6.07) is 0. The van der Waals surface area contributed by atoms with Gasteiger partial charge in [0, 0.05) is 38.5 Å². The van der Waals surface area contributed by atoms with Crippen LogP contribution in [0.1, 0.15) is 221 Å². The van der Waals surface area contributed by atoms with Gasteiger partial charge >= 0.3 is 24.1 Å². The number of piperidine rings is 1. The van der Waals surface area contributed by atoms with Crippen LogP contribution in [0.4, 0.5) is 4.79 Å². The Morgan fingerprint density at radius 2 is 1.09 bits per heavy atom. The number of carbonyl (C=O) groups excluding carboxylic acids is 4. The average Bonchev–Trinajstić information content (AvgIpc) is 3.35. The molecular weight excluding hydrogens is 863 g/mol. The van der Waals surface area contributed by atoms with E-state index in [0.717, 1.165) is 135 Å². The fourth-order valence-electron chi connectivity index (χ4n) is 8.26. The summed E-state index contributed by atoms with van der Waals surface area (Å²) < 4.78 is 40.1. The molecule has 0 radical (unpaired) electrons.